The van der Waals surface area contributed by atoms with Gasteiger partial charge in [-0.05, 0) is 70.2 Å². The Morgan fingerprint density at radius 2 is 1.58 bits per heavy atom. The number of amides is 3. The Morgan fingerprint density at radius 1 is 0.875 bits per heavy atom. The van der Waals surface area contributed by atoms with Crippen LogP contribution in [0.5, 0.6) is 0 Å². The van der Waals surface area contributed by atoms with Gasteiger partial charge in [-0.25, -0.2) is 9.59 Å². The maximum atomic E-state index is 13.3. The molecule has 4 rings (SSSR count). The molecule has 0 spiro atoms. The zero-order chi connectivity index (χ0) is 34.5. The zero-order valence-electron chi connectivity index (χ0n) is 27.6. The number of aliphatic hydroxyl groups excluding tert-OH is 1. The lowest BCUT2D eigenvalue weighted by Crippen LogP contribution is -2.53. The van der Waals surface area contributed by atoms with Crippen molar-refractivity contribution in [1.29, 1.82) is 0 Å². The van der Waals surface area contributed by atoms with Gasteiger partial charge in [0.1, 0.15) is 18.2 Å². The molecule has 0 saturated heterocycles. The van der Waals surface area contributed by atoms with Gasteiger partial charge in [-0.2, -0.15) is 0 Å². The van der Waals surface area contributed by atoms with Crippen molar-refractivity contribution in [2.24, 2.45) is 0 Å². The average Bonchev–Trinajstić information content (AvgIpc) is 3.57. The van der Waals surface area contributed by atoms with Gasteiger partial charge >= 0.3 is 12.2 Å². The van der Waals surface area contributed by atoms with Crippen LogP contribution < -0.4 is 16.0 Å². The quantitative estimate of drug-likeness (QED) is 0.138. The van der Waals surface area contributed by atoms with E-state index < -0.39 is 47.9 Å². The molecule has 0 fully saturated rings. The minimum atomic E-state index is -1.08. The Kier molecular flexibility index (Phi) is 13.0. The molecule has 2 aromatic heterocycles. The molecule has 4 aromatic rings. The van der Waals surface area contributed by atoms with Crippen LogP contribution >= 0.6 is 11.3 Å². The highest BCUT2D eigenvalue weighted by Crippen LogP contribution is 2.20. The molecular weight excluding hydrogens is 630 g/mol. The fourth-order valence-electron chi connectivity index (χ4n) is 4.95. The number of ether oxygens (including phenoxy) is 2. The maximum Gasteiger partial charge on any atom is 0.408 e. The van der Waals surface area contributed by atoms with Gasteiger partial charge in [-0.1, -0.05) is 60.7 Å². The van der Waals surface area contributed by atoms with Crippen molar-refractivity contribution in [3.05, 3.63) is 107 Å². The minimum absolute atomic E-state index is 0.0398. The minimum Gasteiger partial charge on any atom is -0.444 e. The molecular formula is C36H43N5O6S. The van der Waals surface area contributed by atoms with E-state index in [4.69, 9.17) is 9.47 Å². The molecule has 0 aliphatic rings. The number of hydrogen-bond donors (Lipinski definition) is 4. The van der Waals surface area contributed by atoms with Gasteiger partial charge in [0.2, 0.25) is 5.91 Å². The molecule has 0 aliphatic carbocycles. The molecule has 4 atom stereocenters. The number of alkyl carbamates (subject to hydrolysis) is 2. The first-order valence-electron chi connectivity index (χ1n) is 15.8. The number of carbonyl (C=O) groups excluding carboxylic acids is 3. The van der Waals surface area contributed by atoms with Gasteiger partial charge < -0.3 is 30.5 Å². The van der Waals surface area contributed by atoms with E-state index in [1.165, 1.54) is 18.3 Å². The third kappa shape index (κ3) is 12.1. The molecule has 0 bridgehead atoms. The summed E-state index contributed by atoms with van der Waals surface area (Å²) in [6.45, 7) is 6.92. The molecule has 3 amide bonds. The molecule has 48 heavy (non-hydrogen) atoms. The number of hydrogen-bond acceptors (Lipinski definition) is 9. The molecule has 2 aromatic carbocycles. The molecule has 2 heterocycles. The van der Waals surface area contributed by atoms with E-state index in [0.717, 1.165) is 27.3 Å². The summed E-state index contributed by atoms with van der Waals surface area (Å²) in [6.07, 6.45) is 1.73. The average molecular weight is 674 g/mol. The Hall–Kier alpha value is -4.81. The second-order valence-electron chi connectivity index (χ2n) is 12.5. The Bertz CT molecular complexity index is 1580. The topological polar surface area (TPSA) is 152 Å². The number of pyridine rings is 1. The van der Waals surface area contributed by atoms with Crippen LogP contribution in [-0.2, 0) is 33.7 Å². The summed E-state index contributed by atoms with van der Waals surface area (Å²) in [6, 6.07) is 20.8. The van der Waals surface area contributed by atoms with E-state index in [1.807, 2.05) is 72.8 Å². The SMILES string of the molecule is C[C@H](NC(=O)OCc1cncs1)C(=O)NC(Cc1ccccc1)C(O)CC(Cc1ccc(-c2ccccn2)cc1)NC(=O)OC(C)(C)C. The lowest BCUT2D eigenvalue weighted by Gasteiger charge is -2.30. The van der Waals surface area contributed by atoms with Crippen molar-refractivity contribution >= 4 is 29.4 Å². The van der Waals surface area contributed by atoms with Crippen molar-refractivity contribution in [3.8, 4) is 11.3 Å². The largest absolute Gasteiger partial charge is 0.444 e. The van der Waals surface area contributed by atoms with E-state index in [-0.39, 0.29) is 13.0 Å². The number of nitrogens with one attached hydrogen (secondary N) is 3. The second kappa shape index (κ2) is 17.4. The maximum absolute atomic E-state index is 13.3. The fraction of sp³-hybridized carbons (Fsp3) is 0.361. The molecule has 12 heteroatoms. The normalized spacial score (nSPS) is 13.8. The third-order valence-corrected chi connectivity index (χ3v) is 8.04. The fourth-order valence-corrected chi connectivity index (χ4v) is 5.45. The molecule has 0 aliphatic heterocycles. The van der Waals surface area contributed by atoms with Crippen LogP contribution in [0.2, 0.25) is 0 Å². The van der Waals surface area contributed by atoms with Crippen LogP contribution in [0.3, 0.4) is 0 Å². The van der Waals surface area contributed by atoms with Gasteiger partial charge in [0.25, 0.3) is 0 Å². The first-order valence-corrected chi connectivity index (χ1v) is 16.7. The smallest absolute Gasteiger partial charge is 0.408 e. The van der Waals surface area contributed by atoms with Crippen molar-refractivity contribution in [2.45, 2.75) is 83.4 Å². The van der Waals surface area contributed by atoms with E-state index >= 15 is 0 Å². The van der Waals surface area contributed by atoms with Crippen LogP contribution in [-0.4, -0.2) is 63.0 Å². The van der Waals surface area contributed by atoms with E-state index in [2.05, 4.69) is 25.9 Å². The second-order valence-corrected chi connectivity index (χ2v) is 13.4. The number of carbonyl (C=O) groups is 3. The number of aromatic nitrogens is 2. The Morgan fingerprint density at radius 3 is 2.23 bits per heavy atom. The highest BCUT2D eigenvalue weighted by Gasteiger charge is 2.29. The van der Waals surface area contributed by atoms with E-state index in [9.17, 15) is 19.5 Å². The summed E-state index contributed by atoms with van der Waals surface area (Å²) in [4.78, 5) is 47.6. The molecule has 254 valence electrons. The molecule has 0 radical (unpaired) electrons. The number of benzene rings is 2. The van der Waals surface area contributed by atoms with Gasteiger partial charge in [0.15, 0.2) is 0 Å². The van der Waals surface area contributed by atoms with Gasteiger partial charge in [-0.3, -0.25) is 14.8 Å². The number of nitrogens with zero attached hydrogens (tertiary/aromatic N) is 2. The Balaban J connectivity index is 1.47. The summed E-state index contributed by atoms with van der Waals surface area (Å²) in [5.74, 6) is -0.494. The van der Waals surface area contributed by atoms with Gasteiger partial charge in [-0.15, -0.1) is 11.3 Å². The third-order valence-electron chi connectivity index (χ3n) is 7.29. The predicted molar refractivity (Wildman–Crippen MR) is 184 cm³/mol. The monoisotopic (exact) mass is 673 g/mol. The zero-order valence-corrected chi connectivity index (χ0v) is 28.4. The molecule has 0 saturated carbocycles. The first kappa shape index (κ1) is 36.0. The lowest BCUT2D eigenvalue weighted by atomic mass is 9.93. The lowest BCUT2D eigenvalue weighted by molar-refractivity contribution is -0.124. The highest BCUT2D eigenvalue weighted by molar-refractivity contribution is 7.09. The molecule has 11 nitrogen and oxygen atoms in total. The van der Waals surface area contributed by atoms with E-state index in [0.29, 0.717) is 12.8 Å². The van der Waals surface area contributed by atoms with Gasteiger partial charge in [0, 0.05) is 24.0 Å². The predicted octanol–water partition coefficient (Wildman–Crippen LogP) is 5.43. The summed E-state index contributed by atoms with van der Waals surface area (Å²) in [5.41, 5.74) is 4.55. The molecule has 4 N–H and O–H groups in total. The van der Waals surface area contributed by atoms with Crippen LogP contribution in [0.1, 0.15) is 50.1 Å². The van der Waals surface area contributed by atoms with Crippen molar-refractivity contribution < 1.29 is 29.0 Å². The van der Waals surface area contributed by atoms with Crippen LogP contribution in [0.25, 0.3) is 11.3 Å². The van der Waals surface area contributed by atoms with Crippen molar-refractivity contribution in [3.63, 3.8) is 0 Å². The van der Waals surface area contributed by atoms with Crippen LogP contribution in [0.4, 0.5) is 9.59 Å². The highest BCUT2D eigenvalue weighted by atomic mass is 32.1. The standard InChI is InChI=1S/C36H43N5O6S/c1-24(39-34(44)46-22-29-21-37-23-48-29)33(43)41-31(19-25-10-6-5-7-11-25)32(42)20-28(40-35(45)47-36(2,3)4)18-26-13-15-27(16-14-26)30-12-8-9-17-38-30/h5-17,21,23-24,28,31-32,42H,18-20,22H2,1-4H3,(H,39,44)(H,40,45)(H,41,43)/t24-,28?,31?,32?/m0/s1. The van der Waals surface area contributed by atoms with Crippen molar-refractivity contribution in [1.82, 2.24) is 25.9 Å². The number of aliphatic hydroxyl groups is 1. The molecule has 3 unspecified atom stereocenters. The van der Waals surface area contributed by atoms with Crippen LogP contribution in [0.15, 0.2) is 90.7 Å². The Labute approximate surface area is 285 Å². The van der Waals surface area contributed by atoms with Crippen molar-refractivity contribution in [2.75, 3.05) is 0 Å². The summed E-state index contributed by atoms with van der Waals surface area (Å²) in [5, 5.41) is 20.0. The van der Waals surface area contributed by atoms with Crippen LogP contribution in [0, 0.1) is 0 Å². The summed E-state index contributed by atoms with van der Waals surface area (Å²) in [7, 11) is 0. The number of rotatable bonds is 14. The number of thiazole rings is 1. The van der Waals surface area contributed by atoms with E-state index in [1.54, 1.807) is 38.7 Å². The van der Waals surface area contributed by atoms with Gasteiger partial charge in [0.05, 0.1) is 28.2 Å². The first-order chi connectivity index (χ1) is 22.9. The summed E-state index contributed by atoms with van der Waals surface area (Å²) < 4.78 is 10.7. The summed E-state index contributed by atoms with van der Waals surface area (Å²) >= 11 is 1.35.